The second-order valence-electron chi connectivity index (χ2n) is 7.79. The van der Waals surface area contributed by atoms with Crippen LogP contribution in [0.15, 0.2) is 77.8 Å². The quantitative estimate of drug-likeness (QED) is 0.272. The standard InChI is InChI=1S/C27H22Cl2N2O3/c1-17-13-21(15-30-23-7-4-19(5-8-23)27(32)33)18(2)31(17)24-9-11-25(12-10-24)34-16-20-3-6-22(28)14-26(20)29/h3-15H,16H2,1-2H3,(H,32,33). The molecule has 0 saturated carbocycles. The molecule has 0 atom stereocenters. The second kappa shape index (κ2) is 10.2. The summed E-state index contributed by atoms with van der Waals surface area (Å²) in [6, 6.07) is 21.7. The Bertz CT molecular complexity index is 1360. The molecule has 0 bridgehead atoms. The van der Waals surface area contributed by atoms with E-state index in [1.807, 2.05) is 44.2 Å². The van der Waals surface area contributed by atoms with E-state index in [-0.39, 0.29) is 5.56 Å². The average Bonchev–Trinajstić information content (AvgIpc) is 3.10. The van der Waals surface area contributed by atoms with Crippen LogP contribution in [0.5, 0.6) is 5.75 Å². The molecule has 0 unspecified atom stereocenters. The Morgan fingerprint density at radius 2 is 1.71 bits per heavy atom. The number of hydrogen-bond acceptors (Lipinski definition) is 3. The zero-order chi connectivity index (χ0) is 24.2. The number of halogens is 2. The molecule has 4 rings (SSSR count). The summed E-state index contributed by atoms with van der Waals surface area (Å²) < 4.78 is 8.03. The van der Waals surface area contributed by atoms with Crippen LogP contribution in [0.2, 0.25) is 10.0 Å². The summed E-state index contributed by atoms with van der Waals surface area (Å²) in [6.45, 7) is 4.43. The van der Waals surface area contributed by atoms with Crippen molar-refractivity contribution >= 4 is 41.1 Å². The lowest BCUT2D eigenvalue weighted by Gasteiger charge is -2.12. The second-order valence-corrected chi connectivity index (χ2v) is 8.63. The highest BCUT2D eigenvalue weighted by atomic mass is 35.5. The molecule has 172 valence electrons. The van der Waals surface area contributed by atoms with Crippen LogP contribution in [0.3, 0.4) is 0 Å². The summed E-state index contributed by atoms with van der Waals surface area (Å²) in [7, 11) is 0. The number of carboxylic acid groups (broad SMARTS) is 1. The molecule has 7 heteroatoms. The maximum atomic E-state index is 11.0. The van der Waals surface area contributed by atoms with Gasteiger partial charge < -0.3 is 14.4 Å². The van der Waals surface area contributed by atoms with Gasteiger partial charge in [0.25, 0.3) is 0 Å². The van der Waals surface area contributed by atoms with E-state index >= 15 is 0 Å². The molecule has 0 aliphatic carbocycles. The van der Waals surface area contributed by atoms with Crippen LogP contribution in [0, 0.1) is 13.8 Å². The van der Waals surface area contributed by atoms with Crippen molar-refractivity contribution in [3.63, 3.8) is 0 Å². The number of aryl methyl sites for hydroxylation is 1. The van der Waals surface area contributed by atoms with Gasteiger partial charge in [-0.1, -0.05) is 29.3 Å². The Morgan fingerprint density at radius 1 is 1.00 bits per heavy atom. The van der Waals surface area contributed by atoms with Crippen molar-refractivity contribution in [2.24, 2.45) is 4.99 Å². The number of ether oxygens (including phenoxy) is 1. The van der Waals surface area contributed by atoms with Gasteiger partial charge in [0.05, 0.1) is 11.3 Å². The van der Waals surface area contributed by atoms with Crippen molar-refractivity contribution in [1.82, 2.24) is 4.57 Å². The highest BCUT2D eigenvalue weighted by molar-refractivity contribution is 6.35. The van der Waals surface area contributed by atoms with E-state index in [9.17, 15) is 4.79 Å². The lowest BCUT2D eigenvalue weighted by Crippen LogP contribution is -2.00. The lowest BCUT2D eigenvalue weighted by atomic mass is 10.2. The molecule has 3 aromatic carbocycles. The number of benzene rings is 3. The Kier molecular flexibility index (Phi) is 7.06. The summed E-state index contributed by atoms with van der Waals surface area (Å²) >= 11 is 12.2. The monoisotopic (exact) mass is 492 g/mol. The van der Waals surface area contributed by atoms with Crippen molar-refractivity contribution in [3.05, 3.63) is 111 Å². The predicted molar refractivity (Wildman–Crippen MR) is 137 cm³/mol. The summed E-state index contributed by atoms with van der Waals surface area (Å²) in [5.74, 6) is -0.215. The molecule has 1 heterocycles. The number of aromatic nitrogens is 1. The van der Waals surface area contributed by atoms with Crippen LogP contribution in [-0.4, -0.2) is 21.9 Å². The largest absolute Gasteiger partial charge is 0.489 e. The molecule has 0 spiro atoms. The van der Waals surface area contributed by atoms with Crippen LogP contribution in [0.4, 0.5) is 5.69 Å². The Hall–Kier alpha value is -3.54. The van der Waals surface area contributed by atoms with Crippen LogP contribution in [0.25, 0.3) is 5.69 Å². The van der Waals surface area contributed by atoms with Gasteiger partial charge in [-0.05, 0) is 80.6 Å². The maximum Gasteiger partial charge on any atom is 0.335 e. The molecular weight excluding hydrogens is 471 g/mol. The third-order valence-corrected chi connectivity index (χ3v) is 6.03. The van der Waals surface area contributed by atoms with Crippen molar-refractivity contribution in [1.29, 1.82) is 0 Å². The molecule has 0 saturated heterocycles. The normalized spacial score (nSPS) is 11.2. The topological polar surface area (TPSA) is 63.8 Å². The first-order chi connectivity index (χ1) is 16.3. The highest BCUT2D eigenvalue weighted by Gasteiger charge is 2.10. The number of rotatable bonds is 7. The van der Waals surface area contributed by atoms with Gasteiger partial charge in [0.1, 0.15) is 12.4 Å². The molecule has 0 fully saturated rings. The first-order valence-electron chi connectivity index (χ1n) is 10.6. The molecule has 1 N–H and O–H groups in total. The van der Waals surface area contributed by atoms with Gasteiger partial charge in [-0.2, -0.15) is 0 Å². The molecule has 4 aromatic rings. The van der Waals surface area contributed by atoms with Crippen LogP contribution >= 0.6 is 23.2 Å². The first-order valence-corrected chi connectivity index (χ1v) is 11.3. The number of aromatic carboxylic acids is 1. The van der Waals surface area contributed by atoms with E-state index in [1.165, 1.54) is 0 Å². The van der Waals surface area contributed by atoms with Gasteiger partial charge >= 0.3 is 5.97 Å². The van der Waals surface area contributed by atoms with Crippen molar-refractivity contribution in [3.8, 4) is 11.4 Å². The van der Waals surface area contributed by atoms with Crippen molar-refractivity contribution in [2.75, 3.05) is 0 Å². The number of hydrogen-bond donors (Lipinski definition) is 1. The van der Waals surface area contributed by atoms with Gasteiger partial charge in [-0.3, -0.25) is 4.99 Å². The van der Waals surface area contributed by atoms with E-state index in [2.05, 4.69) is 15.6 Å². The minimum Gasteiger partial charge on any atom is -0.489 e. The Morgan fingerprint density at radius 3 is 2.35 bits per heavy atom. The zero-order valence-corrected chi connectivity index (χ0v) is 20.1. The predicted octanol–water partition coefficient (Wildman–Crippen LogP) is 7.43. The summed E-state index contributed by atoms with van der Waals surface area (Å²) in [6.07, 6.45) is 1.79. The Balaban J connectivity index is 1.48. The molecule has 0 amide bonds. The molecule has 0 aliphatic heterocycles. The maximum absolute atomic E-state index is 11.0. The van der Waals surface area contributed by atoms with Crippen molar-refractivity contribution in [2.45, 2.75) is 20.5 Å². The van der Waals surface area contributed by atoms with E-state index in [0.29, 0.717) is 22.3 Å². The number of carboxylic acids is 1. The Labute approximate surface area is 207 Å². The van der Waals surface area contributed by atoms with Crippen molar-refractivity contribution < 1.29 is 14.6 Å². The fraction of sp³-hybridized carbons (Fsp3) is 0.111. The molecular formula is C27H22Cl2N2O3. The summed E-state index contributed by atoms with van der Waals surface area (Å²) in [5, 5.41) is 10.2. The summed E-state index contributed by atoms with van der Waals surface area (Å²) in [5.41, 5.74) is 5.91. The van der Waals surface area contributed by atoms with Gasteiger partial charge in [0.15, 0.2) is 0 Å². The number of aliphatic imine (C=N–C) groups is 1. The van der Waals surface area contributed by atoms with Gasteiger partial charge in [0.2, 0.25) is 0 Å². The van der Waals surface area contributed by atoms with E-state index in [1.54, 1.807) is 42.6 Å². The van der Waals surface area contributed by atoms with E-state index in [0.717, 1.165) is 34.0 Å². The van der Waals surface area contributed by atoms with Crippen LogP contribution < -0.4 is 4.74 Å². The van der Waals surface area contributed by atoms with E-state index in [4.69, 9.17) is 33.0 Å². The third-order valence-electron chi connectivity index (χ3n) is 5.44. The molecule has 0 aliphatic rings. The summed E-state index contributed by atoms with van der Waals surface area (Å²) in [4.78, 5) is 15.5. The fourth-order valence-electron chi connectivity index (χ4n) is 3.64. The van der Waals surface area contributed by atoms with Crippen LogP contribution in [-0.2, 0) is 6.61 Å². The van der Waals surface area contributed by atoms with Gasteiger partial charge in [-0.25, -0.2) is 4.79 Å². The lowest BCUT2D eigenvalue weighted by molar-refractivity contribution is 0.0697. The van der Waals surface area contributed by atoms with Gasteiger partial charge in [0, 0.05) is 44.5 Å². The number of nitrogens with zero attached hydrogens (tertiary/aromatic N) is 2. The smallest absolute Gasteiger partial charge is 0.335 e. The first kappa shape index (κ1) is 23.6. The van der Waals surface area contributed by atoms with Gasteiger partial charge in [-0.15, -0.1) is 0 Å². The minimum atomic E-state index is -0.954. The zero-order valence-electron chi connectivity index (χ0n) is 18.6. The molecule has 34 heavy (non-hydrogen) atoms. The van der Waals surface area contributed by atoms with Crippen LogP contribution in [0.1, 0.15) is 32.9 Å². The van der Waals surface area contributed by atoms with E-state index < -0.39 is 5.97 Å². The molecule has 0 radical (unpaired) electrons. The third kappa shape index (κ3) is 5.33. The SMILES string of the molecule is Cc1cc(C=Nc2ccc(C(=O)O)cc2)c(C)n1-c1ccc(OCc2ccc(Cl)cc2Cl)cc1. The highest BCUT2D eigenvalue weighted by Crippen LogP contribution is 2.25. The fourth-order valence-corrected chi connectivity index (χ4v) is 4.10. The molecule has 1 aromatic heterocycles. The average molecular weight is 493 g/mol. The minimum absolute atomic E-state index is 0.237. The molecule has 5 nitrogen and oxygen atoms in total. The number of carbonyl (C=O) groups is 1.